The predicted molar refractivity (Wildman–Crippen MR) is 72.5 cm³/mol. The minimum atomic E-state index is -0.599. The summed E-state index contributed by atoms with van der Waals surface area (Å²) < 4.78 is 14.8. The molecule has 20 heavy (non-hydrogen) atoms. The van der Waals surface area contributed by atoms with E-state index in [2.05, 4.69) is 15.4 Å². The van der Waals surface area contributed by atoms with Crippen LogP contribution in [-0.2, 0) is 13.6 Å². The van der Waals surface area contributed by atoms with Crippen LogP contribution in [0.25, 0.3) is 0 Å². The van der Waals surface area contributed by atoms with Crippen LogP contribution in [-0.4, -0.2) is 20.7 Å². The van der Waals surface area contributed by atoms with Gasteiger partial charge < -0.3 is 11.1 Å². The highest BCUT2D eigenvalue weighted by Crippen LogP contribution is 2.13. The summed E-state index contributed by atoms with van der Waals surface area (Å²) >= 11 is 0. The van der Waals surface area contributed by atoms with Crippen LogP contribution in [0.5, 0.6) is 0 Å². The van der Waals surface area contributed by atoms with Gasteiger partial charge in [0, 0.05) is 24.8 Å². The first-order valence-corrected chi connectivity index (χ1v) is 6.08. The molecule has 0 aliphatic rings. The van der Waals surface area contributed by atoms with Gasteiger partial charge in [0.1, 0.15) is 11.6 Å². The minimum absolute atomic E-state index is 0.00327. The molecule has 2 heterocycles. The molecule has 0 bridgehead atoms. The second kappa shape index (κ2) is 5.28. The molecule has 3 N–H and O–H groups in total. The zero-order valence-corrected chi connectivity index (χ0v) is 11.6. The van der Waals surface area contributed by atoms with Crippen molar-refractivity contribution < 1.29 is 9.18 Å². The Balaban J connectivity index is 2.15. The van der Waals surface area contributed by atoms with Gasteiger partial charge in [0.2, 0.25) is 0 Å². The number of rotatable bonds is 3. The lowest BCUT2D eigenvalue weighted by atomic mass is 10.2. The lowest BCUT2D eigenvalue weighted by Gasteiger charge is -2.07. The quantitative estimate of drug-likeness (QED) is 0.879. The molecule has 0 aliphatic carbocycles. The highest BCUT2D eigenvalue weighted by atomic mass is 19.1. The van der Waals surface area contributed by atoms with Gasteiger partial charge >= 0.3 is 0 Å². The Morgan fingerprint density at radius 2 is 2.20 bits per heavy atom. The Bertz CT molecular complexity index is 665. The molecule has 6 nitrogen and oxygen atoms in total. The number of nitrogens with two attached hydrogens (primary N) is 1. The zero-order chi connectivity index (χ0) is 14.9. The number of nitrogen functional groups attached to an aromatic ring is 1. The summed E-state index contributed by atoms with van der Waals surface area (Å²) in [6.07, 6.45) is 0.974. The average Bonchev–Trinajstić information content (AvgIpc) is 2.64. The molecule has 0 aliphatic heterocycles. The largest absolute Gasteiger partial charge is 0.383 e. The molecule has 0 aromatic carbocycles. The number of hydrogen-bond acceptors (Lipinski definition) is 4. The highest BCUT2D eigenvalue weighted by molar-refractivity contribution is 5.98. The lowest BCUT2D eigenvalue weighted by molar-refractivity contribution is 0.0951. The third kappa shape index (κ3) is 2.61. The molecule has 2 aromatic heterocycles. The highest BCUT2D eigenvalue weighted by Gasteiger charge is 2.14. The van der Waals surface area contributed by atoms with E-state index in [-0.39, 0.29) is 11.4 Å². The Morgan fingerprint density at radius 1 is 1.50 bits per heavy atom. The van der Waals surface area contributed by atoms with Gasteiger partial charge in [-0.2, -0.15) is 5.10 Å². The first-order chi connectivity index (χ1) is 9.40. The summed E-state index contributed by atoms with van der Waals surface area (Å²) in [6.45, 7) is 4.09. The van der Waals surface area contributed by atoms with Gasteiger partial charge in [-0.3, -0.25) is 9.48 Å². The maximum absolute atomic E-state index is 13.1. The van der Waals surface area contributed by atoms with Crippen LogP contribution in [0.3, 0.4) is 0 Å². The SMILES string of the molecule is Cc1nn(C)c(C)c1CNC(=O)c1cc(F)cnc1N. The Morgan fingerprint density at radius 3 is 2.80 bits per heavy atom. The summed E-state index contributed by atoms with van der Waals surface area (Å²) in [5.41, 5.74) is 8.34. The topological polar surface area (TPSA) is 85.8 Å². The molecular weight excluding hydrogens is 261 g/mol. The smallest absolute Gasteiger partial charge is 0.255 e. The number of hydrogen-bond donors (Lipinski definition) is 2. The van der Waals surface area contributed by atoms with E-state index in [0.717, 1.165) is 29.2 Å². The standard InChI is InChI=1S/C13H16FN5O/c1-7-11(8(2)19(3)18-7)6-17-13(20)10-4-9(14)5-16-12(10)15/h4-5H,6H2,1-3H3,(H2,15,16)(H,17,20). The van der Waals surface area contributed by atoms with Crippen molar-refractivity contribution in [1.82, 2.24) is 20.1 Å². The van der Waals surface area contributed by atoms with Crippen molar-refractivity contribution in [3.8, 4) is 0 Å². The Hall–Kier alpha value is -2.44. The number of pyridine rings is 1. The molecule has 0 atom stereocenters. The van der Waals surface area contributed by atoms with Crippen LogP contribution in [0.4, 0.5) is 10.2 Å². The minimum Gasteiger partial charge on any atom is -0.383 e. The summed E-state index contributed by atoms with van der Waals surface area (Å²) in [5, 5.41) is 6.96. The summed E-state index contributed by atoms with van der Waals surface area (Å²) in [6, 6.07) is 1.07. The van der Waals surface area contributed by atoms with E-state index < -0.39 is 11.7 Å². The molecule has 7 heteroatoms. The number of anilines is 1. The number of halogens is 1. The monoisotopic (exact) mass is 277 g/mol. The fourth-order valence-electron chi connectivity index (χ4n) is 1.97. The Kier molecular flexibility index (Phi) is 3.69. The van der Waals surface area contributed by atoms with Crippen LogP contribution < -0.4 is 11.1 Å². The number of aromatic nitrogens is 3. The molecule has 2 rings (SSSR count). The number of nitrogens with zero attached hydrogens (tertiary/aromatic N) is 3. The van der Waals surface area contributed by atoms with Crippen molar-refractivity contribution in [2.75, 3.05) is 5.73 Å². The molecular formula is C13H16FN5O. The molecule has 0 spiro atoms. The second-order valence-electron chi connectivity index (χ2n) is 4.54. The molecule has 0 unspecified atom stereocenters. The van der Waals surface area contributed by atoms with E-state index in [1.165, 1.54) is 0 Å². The van der Waals surface area contributed by atoms with Crippen molar-refractivity contribution in [1.29, 1.82) is 0 Å². The first-order valence-electron chi connectivity index (χ1n) is 6.08. The van der Waals surface area contributed by atoms with E-state index in [4.69, 9.17) is 5.73 Å². The summed E-state index contributed by atoms with van der Waals surface area (Å²) in [7, 11) is 1.84. The Labute approximate surface area is 115 Å². The number of aryl methyl sites for hydroxylation is 2. The van der Waals surface area contributed by atoms with Gasteiger partial charge in [-0.05, 0) is 19.9 Å². The van der Waals surface area contributed by atoms with Gasteiger partial charge in [-0.15, -0.1) is 0 Å². The molecule has 106 valence electrons. The van der Waals surface area contributed by atoms with E-state index >= 15 is 0 Å². The van der Waals surface area contributed by atoms with Crippen LogP contribution in [0, 0.1) is 19.7 Å². The third-order valence-corrected chi connectivity index (χ3v) is 3.21. The van der Waals surface area contributed by atoms with Crippen molar-refractivity contribution in [3.63, 3.8) is 0 Å². The van der Waals surface area contributed by atoms with E-state index in [1.807, 2.05) is 20.9 Å². The van der Waals surface area contributed by atoms with Gasteiger partial charge in [-0.25, -0.2) is 9.37 Å². The van der Waals surface area contributed by atoms with Crippen LogP contribution in [0.15, 0.2) is 12.3 Å². The zero-order valence-electron chi connectivity index (χ0n) is 11.6. The summed E-state index contributed by atoms with van der Waals surface area (Å²) in [5.74, 6) is -1.06. The molecule has 0 saturated heterocycles. The van der Waals surface area contributed by atoms with Crippen LogP contribution in [0.2, 0.25) is 0 Å². The predicted octanol–water partition coefficient (Wildman–Crippen LogP) is 1.08. The number of nitrogens with one attached hydrogen (secondary N) is 1. The molecule has 0 saturated carbocycles. The fourth-order valence-corrected chi connectivity index (χ4v) is 1.97. The lowest BCUT2D eigenvalue weighted by Crippen LogP contribution is -2.25. The van der Waals surface area contributed by atoms with E-state index in [1.54, 1.807) is 4.68 Å². The number of amides is 1. The van der Waals surface area contributed by atoms with E-state index in [9.17, 15) is 9.18 Å². The number of carbonyl (C=O) groups is 1. The molecule has 1 amide bonds. The van der Waals surface area contributed by atoms with E-state index in [0.29, 0.717) is 6.54 Å². The third-order valence-electron chi connectivity index (χ3n) is 3.21. The molecule has 0 fully saturated rings. The van der Waals surface area contributed by atoms with Crippen LogP contribution >= 0.6 is 0 Å². The summed E-state index contributed by atoms with van der Waals surface area (Å²) in [4.78, 5) is 15.6. The van der Waals surface area contributed by atoms with Crippen LogP contribution in [0.1, 0.15) is 27.3 Å². The maximum atomic E-state index is 13.1. The average molecular weight is 277 g/mol. The van der Waals surface area contributed by atoms with Crippen molar-refractivity contribution in [2.45, 2.75) is 20.4 Å². The van der Waals surface area contributed by atoms with Gasteiger partial charge in [-0.1, -0.05) is 0 Å². The fraction of sp³-hybridized carbons (Fsp3) is 0.308. The molecule has 0 radical (unpaired) electrons. The van der Waals surface area contributed by atoms with Crippen molar-refractivity contribution in [2.24, 2.45) is 7.05 Å². The van der Waals surface area contributed by atoms with Gasteiger partial charge in [0.05, 0.1) is 17.5 Å². The van der Waals surface area contributed by atoms with Gasteiger partial charge in [0.15, 0.2) is 0 Å². The van der Waals surface area contributed by atoms with Crippen molar-refractivity contribution >= 4 is 11.7 Å². The second-order valence-corrected chi connectivity index (χ2v) is 4.54. The number of carbonyl (C=O) groups excluding carboxylic acids is 1. The van der Waals surface area contributed by atoms with Gasteiger partial charge in [0.25, 0.3) is 5.91 Å². The first kappa shape index (κ1) is 14.0. The normalized spacial score (nSPS) is 10.6. The van der Waals surface area contributed by atoms with Crippen molar-refractivity contribution in [3.05, 3.63) is 40.6 Å². The maximum Gasteiger partial charge on any atom is 0.255 e. The molecule has 2 aromatic rings.